The fraction of sp³-hybridized carbons (Fsp3) is 0.688. The van der Waals surface area contributed by atoms with E-state index in [0.717, 1.165) is 26.1 Å². The highest BCUT2D eigenvalue weighted by molar-refractivity contribution is 5.43. The normalized spacial score (nSPS) is 23.1. The Balaban J connectivity index is 2.13. The van der Waals surface area contributed by atoms with Crippen LogP contribution in [0.2, 0.25) is 0 Å². The Kier molecular flexibility index (Phi) is 5.35. The minimum Gasteiger partial charge on any atom is -0.354 e. The zero-order valence-corrected chi connectivity index (χ0v) is 12.8. The number of halogens is 1. The van der Waals surface area contributed by atoms with Gasteiger partial charge < -0.3 is 10.2 Å². The lowest BCUT2D eigenvalue weighted by molar-refractivity contribution is 0.352. The van der Waals surface area contributed by atoms with Crippen molar-refractivity contribution in [3.63, 3.8) is 0 Å². The molecule has 2 heterocycles. The monoisotopic (exact) mass is 279 g/mol. The first kappa shape index (κ1) is 15.2. The molecule has 0 spiro atoms. The van der Waals surface area contributed by atoms with Crippen molar-refractivity contribution in [2.24, 2.45) is 11.8 Å². The van der Waals surface area contributed by atoms with Gasteiger partial charge in [0.25, 0.3) is 0 Å². The van der Waals surface area contributed by atoms with Gasteiger partial charge in [0.2, 0.25) is 0 Å². The highest BCUT2D eigenvalue weighted by atomic mass is 19.1. The summed E-state index contributed by atoms with van der Waals surface area (Å²) in [4.78, 5) is 6.39. The molecule has 2 rings (SSSR count). The standard InChI is InChI=1S/C16H26FN3/c1-4-6-18-9-14-5-7-19-16(15(14)17)20-10-12(2)8-13(3)11-20/h5,7,12-13,18H,4,6,8-11H2,1-3H3. The third kappa shape index (κ3) is 3.69. The van der Waals surface area contributed by atoms with E-state index in [1.807, 2.05) is 0 Å². The molecule has 2 unspecified atom stereocenters. The SMILES string of the molecule is CCCNCc1ccnc(N2CC(C)CC(C)C2)c1F. The summed E-state index contributed by atoms with van der Waals surface area (Å²) in [5.74, 6) is 1.57. The third-order valence-electron chi connectivity index (χ3n) is 3.86. The summed E-state index contributed by atoms with van der Waals surface area (Å²) in [5.41, 5.74) is 0.717. The Morgan fingerprint density at radius 1 is 1.35 bits per heavy atom. The van der Waals surface area contributed by atoms with Crippen molar-refractivity contribution in [3.8, 4) is 0 Å². The second-order valence-electron chi connectivity index (χ2n) is 6.14. The molecule has 112 valence electrons. The van der Waals surface area contributed by atoms with E-state index >= 15 is 0 Å². The highest BCUT2D eigenvalue weighted by Gasteiger charge is 2.25. The van der Waals surface area contributed by atoms with Crippen molar-refractivity contribution in [3.05, 3.63) is 23.6 Å². The van der Waals surface area contributed by atoms with Gasteiger partial charge in [0, 0.05) is 31.4 Å². The number of nitrogens with zero attached hydrogens (tertiary/aromatic N) is 2. The van der Waals surface area contributed by atoms with Crippen LogP contribution in [0.15, 0.2) is 12.3 Å². The Hall–Kier alpha value is -1.16. The number of pyridine rings is 1. The number of hydrogen-bond donors (Lipinski definition) is 1. The summed E-state index contributed by atoms with van der Waals surface area (Å²) in [6.07, 6.45) is 4.00. The Bertz CT molecular complexity index is 426. The van der Waals surface area contributed by atoms with Gasteiger partial charge in [-0.1, -0.05) is 20.8 Å². The maximum atomic E-state index is 14.6. The summed E-state index contributed by atoms with van der Waals surface area (Å²) in [6.45, 7) is 9.86. The molecule has 1 aromatic heterocycles. The fourth-order valence-corrected chi connectivity index (χ4v) is 3.06. The predicted molar refractivity (Wildman–Crippen MR) is 81.4 cm³/mol. The van der Waals surface area contributed by atoms with Crippen LogP contribution in [0.3, 0.4) is 0 Å². The molecule has 1 saturated heterocycles. The van der Waals surface area contributed by atoms with Gasteiger partial charge >= 0.3 is 0 Å². The van der Waals surface area contributed by atoms with Gasteiger partial charge in [0.05, 0.1) is 0 Å². The number of anilines is 1. The van der Waals surface area contributed by atoms with E-state index in [2.05, 4.69) is 36.0 Å². The Labute approximate surface area is 121 Å². The number of rotatable bonds is 5. The number of hydrogen-bond acceptors (Lipinski definition) is 3. The van der Waals surface area contributed by atoms with Crippen LogP contribution in [-0.2, 0) is 6.54 Å². The van der Waals surface area contributed by atoms with E-state index in [9.17, 15) is 4.39 Å². The van der Waals surface area contributed by atoms with Crippen molar-refractivity contribution in [1.82, 2.24) is 10.3 Å². The van der Waals surface area contributed by atoms with E-state index < -0.39 is 0 Å². The first-order valence-electron chi connectivity index (χ1n) is 7.70. The van der Waals surface area contributed by atoms with Gasteiger partial charge in [0.15, 0.2) is 11.6 Å². The van der Waals surface area contributed by atoms with Gasteiger partial charge in [-0.05, 0) is 37.3 Å². The summed E-state index contributed by atoms with van der Waals surface area (Å²) >= 11 is 0. The number of piperidine rings is 1. The van der Waals surface area contributed by atoms with Crippen LogP contribution in [0, 0.1) is 17.7 Å². The molecular weight excluding hydrogens is 253 g/mol. The first-order valence-corrected chi connectivity index (χ1v) is 7.70. The zero-order chi connectivity index (χ0) is 14.5. The van der Waals surface area contributed by atoms with Crippen LogP contribution in [0.25, 0.3) is 0 Å². The van der Waals surface area contributed by atoms with Crippen LogP contribution in [0.1, 0.15) is 39.2 Å². The molecule has 4 heteroatoms. The molecule has 0 aliphatic carbocycles. The molecule has 1 aromatic rings. The van der Waals surface area contributed by atoms with E-state index in [1.165, 1.54) is 6.42 Å². The minimum atomic E-state index is -0.155. The van der Waals surface area contributed by atoms with Gasteiger partial charge in [-0.3, -0.25) is 0 Å². The van der Waals surface area contributed by atoms with Gasteiger partial charge in [-0.25, -0.2) is 9.37 Å². The highest BCUT2D eigenvalue weighted by Crippen LogP contribution is 2.27. The lowest BCUT2D eigenvalue weighted by atomic mass is 9.92. The average molecular weight is 279 g/mol. The lowest BCUT2D eigenvalue weighted by Gasteiger charge is -2.36. The van der Waals surface area contributed by atoms with Crippen LogP contribution >= 0.6 is 0 Å². The molecule has 0 aromatic carbocycles. The molecule has 1 fully saturated rings. The molecule has 1 N–H and O–H groups in total. The van der Waals surface area contributed by atoms with Crippen molar-refractivity contribution >= 4 is 5.82 Å². The van der Waals surface area contributed by atoms with Crippen LogP contribution < -0.4 is 10.2 Å². The van der Waals surface area contributed by atoms with Crippen molar-refractivity contribution < 1.29 is 4.39 Å². The predicted octanol–water partition coefficient (Wildman–Crippen LogP) is 3.20. The Morgan fingerprint density at radius 2 is 2.05 bits per heavy atom. The van der Waals surface area contributed by atoms with Crippen molar-refractivity contribution in [2.45, 2.75) is 40.2 Å². The van der Waals surface area contributed by atoms with E-state index in [4.69, 9.17) is 0 Å². The first-order chi connectivity index (χ1) is 9.61. The average Bonchev–Trinajstić information content (AvgIpc) is 2.40. The zero-order valence-electron chi connectivity index (χ0n) is 12.8. The van der Waals surface area contributed by atoms with Gasteiger partial charge in [0.1, 0.15) is 0 Å². The second-order valence-corrected chi connectivity index (χ2v) is 6.14. The fourth-order valence-electron chi connectivity index (χ4n) is 3.06. The van der Waals surface area contributed by atoms with E-state index in [0.29, 0.717) is 29.8 Å². The second kappa shape index (κ2) is 7.02. The van der Waals surface area contributed by atoms with Crippen LogP contribution in [0.4, 0.5) is 10.2 Å². The number of nitrogens with one attached hydrogen (secondary N) is 1. The van der Waals surface area contributed by atoms with Crippen molar-refractivity contribution in [2.75, 3.05) is 24.5 Å². The molecule has 20 heavy (non-hydrogen) atoms. The molecular formula is C16H26FN3. The van der Waals surface area contributed by atoms with Gasteiger partial charge in [-0.2, -0.15) is 0 Å². The van der Waals surface area contributed by atoms with Crippen LogP contribution in [-0.4, -0.2) is 24.6 Å². The molecule has 2 atom stereocenters. The molecule has 0 amide bonds. The third-order valence-corrected chi connectivity index (χ3v) is 3.86. The molecule has 0 saturated carbocycles. The lowest BCUT2D eigenvalue weighted by Crippen LogP contribution is -2.39. The molecule has 1 aliphatic rings. The Morgan fingerprint density at radius 3 is 2.70 bits per heavy atom. The topological polar surface area (TPSA) is 28.2 Å². The quantitative estimate of drug-likeness (QED) is 0.839. The summed E-state index contributed by atoms with van der Waals surface area (Å²) in [6, 6.07) is 1.78. The molecule has 3 nitrogen and oxygen atoms in total. The largest absolute Gasteiger partial charge is 0.354 e. The van der Waals surface area contributed by atoms with Crippen molar-refractivity contribution in [1.29, 1.82) is 0 Å². The van der Waals surface area contributed by atoms with Crippen LogP contribution in [0.5, 0.6) is 0 Å². The molecule has 0 radical (unpaired) electrons. The minimum absolute atomic E-state index is 0.155. The summed E-state index contributed by atoms with van der Waals surface area (Å²) in [7, 11) is 0. The molecule has 1 aliphatic heterocycles. The van der Waals surface area contributed by atoms with Gasteiger partial charge in [-0.15, -0.1) is 0 Å². The van der Waals surface area contributed by atoms with E-state index in [1.54, 1.807) is 12.3 Å². The molecule has 0 bridgehead atoms. The van der Waals surface area contributed by atoms with E-state index in [-0.39, 0.29) is 5.82 Å². The summed E-state index contributed by atoms with van der Waals surface area (Å²) in [5, 5.41) is 3.25. The smallest absolute Gasteiger partial charge is 0.170 e. The maximum Gasteiger partial charge on any atom is 0.170 e. The number of aromatic nitrogens is 1. The maximum absolute atomic E-state index is 14.6. The summed E-state index contributed by atoms with van der Waals surface area (Å²) < 4.78 is 14.6.